The molecule has 1 aromatic carbocycles. The summed E-state index contributed by atoms with van der Waals surface area (Å²) in [6.07, 6.45) is 7.86. The zero-order valence-corrected chi connectivity index (χ0v) is 13.2. The van der Waals surface area contributed by atoms with Gasteiger partial charge in [0.15, 0.2) is 0 Å². The molecule has 2 saturated heterocycles. The highest BCUT2D eigenvalue weighted by Crippen LogP contribution is 2.24. The first-order valence-electron chi connectivity index (χ1n) is 8.46. The Balaban J connectivity index is 1.69. The maximum absolute atomic E-state index is 5.57. The van der Waals surface area contributed by atoms with Crippen molar-refractivity contribution in [3.05, 3.63) is 29.3 Å². The average molecular weight is 288 g/mol. The topological polar surface area (TPSA) is 24.5 Å². The van der Waals surface area contributed by atoms with Crippen LogP contribution in [0.15, 0.2) is 18.2 Å². The van der Waals surface area contributed by atoms with E-state index in [2.05, 4.69) is 28.4 Å². The first-order chi connectivity index (χ1) is 10.3. The van der Waals surface area contributed by atoms with Crippen LogP contribution < -0.4 is 10.1 Å². The largest absolute Gasteiger partial charge is 0.496 e. The number of methoxy groups -OCH3 is 1. The Labute approximate surface area is 128 Å². The lowest BCUT2D eigenvalue weighted by molar-refractivity contribution is 0.218. The summed E-state index contributed by atoms with van der Waals surface area (Å²) in [6, 6.07) is 7.43. The number of nitrogens with one attached hydrogen (secondary N) is 1. The summed E-state index contributed by atoms with van der Waals surface area (Å²) in [4.78, 5) is 2.57. The lowest BCUT2D eigenvalue weighted by Gasteiger charge is -2.27. The van der Waals surface area contributed by atoms with Crippen LogP contribution in [0.2, 0.25) is 0 Å². The van der Waals surface area contributed by atoms with Gasteiger partial charge in [0.1, 0.15) is 5.75 Å². The molecule has 3 nitrogen and oxygen atoms in total. The fourth-order valence-electron chi connectivity index (χ4n) is 3.66. The normalized spacial score (nSPS) is 23.4. The highest BCUT2D eigenvalue weighted by molar-refractivity contribution is 5.37. The van der Waals surface area contributed by atoms with Gasteiger partial charge in [-0.1, -0.05) is 18.6 Å². The minimum Gasteiger partial charge on any atom is -0.496 e. The molecule has 0 amide bonds. The number of rotatable bonds is 5. The molecule has 116 valence electrons. The molecule has 3 rings (SSSR count). The summed E-state index contributed by atoms with van der Waals surface area (Å²) < 4.78 is 5.57. The van der Waals surface area contributed by atoms with Crippen molar-refractivity contribution in [2.75, 3.05) is 26.7 Å². The van der Waals surface area contributed by atoms with E-state index in [9.17, 15) is 0 Å². The van der Waals surface area contributed by atoms with E-state index in [0.29, 0.717) is 6.04 Å². The number of likely N-dealkylation sites (tertiary alicyclic amines) is 1. The molecule has 0 saturated carbocycles. The number of nitrogens with zero attached hydrogens (tertiary/aromatic N) is 1. The van der Waals surface area contributed by atoms with Gasteiger partial charge in [-0.2, -0.15) is 0 Å². The second-order valence-corrected chi connectivity index (χ2v) is 6.48. The summed E-state index contributed by atoms with van der Waals surface area (Å²) >= 11 is 0. The summed E-state index contributed by atoms with van der Waals surface area (Å²) in [6.45, 7) is 4.69. The van der Waals surface area contributed by atoms with E-state index < -0.39 is 0 Å². The molecule has 1 atom stereocenters. The Morgan fingerprint density at radius 2 is 2.05 bits per heavy atom. The SMILES string of the molecule is COc1ccc(CC2CCCN2)cc1CN1CCCCC1. The fraction of sp³-hybridized carbons (Fsp3) is 0.667. The maximum atomic E-state index is 5.57. The van der Waals surface area contributed by atoms with E-state index in [0.717, 1.165) is 18.7 Å². The Morgan fingerprint density at radius 3 is 2.76 bits per heavy atom. The smallest absolute Gasteiger partial charge is 0.123 e. The third-order valence-corrected chi connectivity index (χ3v) is 4.83. The molecule has 2 aliphatic rings. The Bertz CT molecular complexity index is 449. The Morgan fingerprint density at radius 1 is 1.19 bits per heavy atom. The van der Waals surface area contributed by atoms with Crippen molar-refractivity contribution in [3.8, 4) is 5.75 Å². The van der Waals surface area contributed by atoms with E-state index in [1.165, 1.54) is 62.9 Å². The van der Waals surface area contributed by atoms with E-state index in [4.69, 9.17) is 4.74 Å². The van der Waals surface area contributed by atoms with Crippen molar-refractivity contribution in [3.63, 3.8) is 0 Å². The number of hydrogen-bond donors (Lipinski definition) is 1. The molecule has 2 heterocycles. The zero-order chi connectivity index (χ0) is 14.5. The molecule has 1 N–H and O–H groups in total. The third-order valence-electron chi connectivity index (χ3n) is 4.83. The van der Waals surface area contributed by atoms with E-state index >= 15 is 0 Å². The van der Waals surface area contributed by atoms with Crippen LogP contribution in [0.1, 0.15) is 43.2 Å². The minimum atomic E-state index is 0.668. The first-order valence-corrected chi connectivity index (χ1v) is 8.46. The Kier molecular flexibility index (Phi) is 5.15. The number of piperidine rings is 1. The van der Waals surface area contributed by atoms with Crippen LogP contribution in [0.25, 0.3) is 0 Å². The lowest BCUT2D eigenvalue weighted by Crippen LogP contribution is -2.29. The second kappa shape index (κ2) is 7.28. The van der Waals surface area contributed by atoms with Gasteiger partial charge in [0.25, 0.3) is 0 Å². The Hall–Kier alpha value is -1.06. The van der Waals surface area contributed by atoms with Crippen molar-refractivity contribution in [1.29, 1.82) is 0 Å². The summed E-state index contributed by atoms with van der Waals surface area (Å²) in [5.41, 5.74) is 2.80. The monoisotopic (exact) mass is 288 g/mol. The predicted octanol–water partition coefficient (Wildman–Crippen LogP) is 2.98. The minimum absolute atomic E-state index is 0.668. The van der Waals surface area contributed by atoms with Gasteiger partial charge in [-0.05, 0) is 63.4 Å². The molecule has 3 heteroatoms. The van der Waals surface area contributed by atoms with E-state index in [1.807, 2.05) is 0 Å². The highest BCUT2D eigenvalue weighted by atomic mass is 16.5. The van der Waals surface area contributed by atoms with Gasteiger partial charge in [-0.15, -0.1) is 0 Å². The molecule has 0 bridgehead atoms. The van der Waals surface area contributed by atoms with Crippen LogP contribution in [-0.4, -0.2) is 37.7 Å². The van der Waals surface area contributed by atoms with Crippen molar-refractivity contribution in [2.24, 2.45) is 0 Å². The average Bonchev–Trinajstić information content (AvgIpc) is 3.02. The van der Waals surface area contributed by atoms with Gasteiger partial charge < -0.3 is 10.1 Å². The molecule has 1 aromatic rings. The van der Waals surface area contributed by atoms with Gasteiger partial charge in [0, 0.05) is 18.2 Å². The van der Waals surface area contributed by atoms with Crippen LogP contribution in [0.5, 0.6) is 5.75 Å². The summed E-state index contributed by atoms with van der Waals surface area (Å²) in [7, 11) is 1.78. The van der Waals surface area contributed by atoms with E-state index in [1.54, 1.807) is 7.11 Å². The zero-order valence-electron chi connectivity index (χ0n) is 13.2. The number of ether oxygens (including phenoxy) is 1. The lowest BCUT2D eigenvalue weighted by atomic mass is 10.0. The molecular weight excluding hydrogens is 260 g/mol. The molecular formula is C18H28N2O. The van der Waals surface area contributed by atoms with Crippen LogP contribution in [0, 0.1) is 0 Å². The van der Waals surface area contributed by atoms with Gasteiger partial charge in [-0.25, -0.2) is 0 Å². The van der Waals surface area contributed by atoms with Crippen molar-refractivity contribution >= 4 is 0 Å². The van der Waals surface area contributed by atoms with Crippen molar-refractivity contribution in [1.82, 2.24) is 10.2 Å². The van der Waals surface area contributed by atoms with Crippen molar-refractivity contribution < 1.29 is 4.74 Å². The van der Waals surface area contributed by atoms with Crippen LogP contribution >= 0.6 is 0 Å². The van der Waals surface area contributed by atoms with Gasteiger partial charge >= 0.3 is 0 Å². The van der Waals surface area contributed by atoms with Crippen LogP contribution in [0.3, 0.4) is 0 Å². The number of hydrogen-bond acceptors (Lipinski definition) is 3. The van der Waals surface area contributed by atoms with Crippen LogP contribution in [-0.2, 0) is 13.0 Å². The third kappa shape index (κ3) is 3.98. The molecule has 0 aliphatic carbocycles. The maximum Gasteiger partial charge on any atom is 0.123 e. The van der Waals surface area contributed by atoms with Gasteiger partial charge in [0.05, 0.1) is 7.11 Å². The van der Waals surface area contributed by atoms with Gasteiger partial charge in [0.2, 0.25) is 0 Å². The quantitative estimate of drug-likeness (QED) is 0.901. The molecule has 1 unspecified atom stereocenters. The van der Waals surface area contributed by atoms with Gasteiger partial charge in [-0.3, -0.25) is 4.90 Å². The number of benzene rings is 1. The van der Waals surface area contributed by atoms with Crippen LogP contribution in [0.4, 0.5) is 0 Å². The molecule has 2 aliphatic heterocycles. The molecule has 21 heavy (non-hydrogen) atoms. The highest BCUT2D eigenvalue weighted by Gasteiger charge is 2.17. The fourth-order valence-corrected chi connectivity index (χ4v) is 3.66. The molecule has 0 aromatic heterocycles. The van der Waals surface area contributed by atoms with Crippen molar-refractivity contribution in [2.45, 2.75) is 51.1 Å². The standard InChI is InChI=1S/C18H28N2O/c1-21-18-8-7-15(13-17-6-5-9-19-17)12-16(18)14-20-10-3-2-4-11-20/h7-8,12,17,19H,2-6,9-11,13-14H2,1H3. The predicted molar refractivity (Wildman–Crippen MR) is 86.9 cm³/mol. The van der Waals surface area contributed by atoms with E-state index in [-0.39, 0.29) is 0 Å². The second-order valence-electron chi connectivity index (χ2n) is 6.48. The molecule has 0 spiro atoms. The summed E-state index contributed by atoms with van der Waals surface area (Å²) in [5.74, 6) is 1.05. The molecule has 0 radical (unpaired) electrons. The first kappa shape index (κ1) is 14.9. The summed E-state index contributed by atoms with van der Waals surface area (Å²) in [5, 5.41) is 3.59. The molecule has 2 fully saturated rings.